The Kier molecular flexibility index (Phi) is 5.87. The molecule has 106 valence electrons. The summed E-state index contributed by atoms with van der Waals surface area (Å²) in [7, 11) is 0. The normalized spacial score (nSPS) is 23.7. The predicted octanol–water partition coefficient (Wildman–Crippen LogP) is 3.42. The number of hydrogen-bond donors (Lipinski definition) is 1. The van der Waals surface area contributed by atoms with Crippen LogP contribution >= 0.6 is 0 Å². The van der Waals surface area contributed by atoms with Gasteiger partial charge in [-0.25, -0.2) is 0 Å². The molecule has 1 saturated carbocycles. The number of nitrogens with zero attached hydrogens (tertiary/aromatic N) is 1. The SMILES string of the molecule is CCCN(Cc1ccccc1)C1CCCCC1CN. The van der Waals surface area contributed by atoms with E-state index in [9.17, 15) is 0 Å². The van der Waals surface area contributed by atoms with Crippen molar-refractivity contribution in [3.05, 3.63) is 35.9 Å². The first-order chi connectivity index (χ1) is 9.35. The van der Waals surface area contributed by atoms with Crippen LogP contribution in [0.5, 0.6) is 0 Å². The Balaban J connectivity index is 2.05. The van der Waals surface area contributed by atoms with Gasteiger partial charge in [0.25, 0.3) is 0 Å². The zero-order valence-electron chi connectivity index (χ0n) is 12.2. The van der Waals surface area contributed by atoms with Gasteiger partial charge in [0.1, 0.15) is 0 Å². The fourth-order valence-electron chi connectivity index (χ4n) is 3.41. The second-order valence-corrected chi connectivity index (χ2v) is 5.80. The van der Waals surface area contributed by atoms with Crippen molar-refractivity contribution in [2.75, 3.05) is 13.1 Å². The van der Waals surface area contributed by atoms with E-state index in [1.807, 2.05) is 0 Å². The molecule has 1 aliphatic rings. The maximum Gasteiger partial charge on any atom is 0.0236 e. The van der Waals surface area contributed by atoms with Crippen molar-refractivity contribution in [2.24, 2.45) is 11.7 Å². The molecule has 0 aromatic heterocycles. The molecular formula is C17H28N2. The molecule has 2 nitrogen and oxygen atoms in total. The lowest BCUT2D eigenvalue weighted by atomic mass is 9.83. The highest BCUT2D eigenvalue weighted by molar-refractivity contribution is 5.14. The van der Waals surface area contributed by atoms with Crippen LogP contribution in [-0.2, 0) is 6.54 Å². The summed E-state index contributed by atoms with van der Waals surface area (Å²) in [6.45, 7) is 5.39. The molecule has 2 atom stereocenters. The zero-order valence-corrected chi connectivity index (χ0v) is 12.2. The van der Waals surface area contributed by atoms with Crippen LogP contribution in [0.1, 0.15) is 44.6 Å². The molecule has 2 rings (SSSR count). The number of benzene rings is 1. The average Bonchev–Trinajstić information content (AvgIpc) is 2.48. The maximum absolute atomic E-state index is 5.99. The number of hydrogen-bond acceptors (Lipinski definition) is 2. The molecule has 0 bridgehead atoms. The number of rotatable bonds is 6. The quantitative estimate of drug-likeness (QED) is 0.849. The zero-order chi connectivity index (χ0) is 13.5. The third-order valence-corrected chi connectivity index (χ3v) is 4.38. The van der Waals surface area contributed by atoms with E-state index in [4.69, 9.17) is 5.73 Å². The summed E-state index contributed by atoms with van der Waals surface area (Å²) in [5, 5.41) is 0. The standard InChI is InChI=1S/C17H28N2/c1-2-12-19(14-15-8-4-3-5-9-15)17-11-7-6-10-16(17)13-18/h3-5,8-9,16-17H,2,6-7,10-14,18H2,1H3. The van der Waals surface area contributed by atoms with Crippen LogP contribution in [0.25, 0.3) is 0 Å². The molecule has 2 unspecified atom stereocenters. The summed E-state index contributed by atoms with van der Waals surface area (Å²) in [6.07, 6.45) is 6.60. The minimum absolute atomic E-state index is 0.693. The summed E-state index contributed by atoms with van der Waals surface area (Å²) in [6, 6.07) is 11.5. The lowest BCUT2D eigenvalue weighted by Gasteiger charge is -2.39. The van der Waals surface area contributed by atoms with Gasteiger partial charge in [0.05, 0.1) is 0 Å². The van der Waals surface area contributed by atoms with Gasteiger partial charge in [-0.3, -0.25) is 4.90 Å². The second-order valence-electron chi connectivity index (χ2n) is 5.80. The molecule has 1 fully saturated rings. The summed E-state index contributed by atoms with van der Waals surface area (Å²) in [5.74, 6) is 0.698. The summed E-state index contributed by atoms with van der Waals surface area (Å²) < 4.78 is 0. The van der Waals surface area contributed by atoms with Gasteiger partial charge in [-0.05, 0) is 43.8 Å². The fraction of sp³-hybridized carbons (Fsp3) is 0.647. The van der Waals surface area contributed by atoms with Crippen LogP contribution in [0.15, 0.2) is 30.3 Å². The van der Waals surface area contributed by atoms with Gasteiger partial charge in [0.15, 0.2) is 0 Å². The first kappa shape index (κ1) is 14.5. The monoisotopic (exact) mass is 260 g/mol. The minimum atomic E-state index is 0.693. The van der Waals surface area contributed by atoms with Crippen LogP contribution < -0.4 is 5.73 Å². The Morgan fingerprint density at radius 1 is 1.16 bits per heavy atom. The van der Waals surface area contributed by atoms with E-state index in [0.717, 1.165) is 13.1 Å². The molecule has 2 heteroatoms. The molecular weight excluding hydrogens is 232 g/mol. The van der Waals surface area contributed by atoms with Gasteiger partial charge in [0, 0.05) is 12.6 Å². The molecule has 0 saturated heterocycles. The summed E-state index contributed by atoms with van der Waals surface area (Å²) >= 11 is 0. The van der Waals surface area contributed by atoms with Crippen molar-refractivity contribution in [3.63, 3.8) is 0 Å². The molecule has 1 aromatic rings. The molecule has 0 amide bonds. The first-order valence-electron chi connectivity index (χ1n) is 7.83. The molecule has 1 aromatic carbocycles. The molecule has 0 heterocycles. The lowest BCUT2D eigenvalue weighted by Crippen LogP contribution is -2.45. The van der Waals surface area contributed by atoms with Gasteiger partial charge in [-0.1, -0.05) is 50.1 Å². The second kappa shape index (κ2) is 7.66. The Morgan fingerprint density at radius 2 is 1.89 bits per heavy atom. The van der Waals surface area contributed by atoms with Gasteiger partial charge >= 0.3 is 0 Å². The van der Waals surface area contributed by atoms with E-state index >= 15 is 0 Å². The third kappa shape index (κ3) is 4.05. The summed E-state index contributed by atoms with van der Waals surface area (Å²) in [5.41, 5.74) is 7.42. The average molecular weight is 260 g/mol. The topological polar surface area (TPSA) is 29.3 Å². The summed E-state index contributed by atoms with van der Waals surface area (Å²) in [4.78, 5) is 2.67. The molecule has 19 heavy (non-hydrogen) atoms. The largest absolute Gasteiger partial charge is 0.330 e. The van der Waals surface area contributed by atoms with Gasteiger partial charge < -0.3 is 5.73 Å². The highest BCUT2D eigenvalue weighted by Crippen LogP contribution is 2.29. The first-order valence-corrected chi connectivity index (χ1v) is 7.83. The van der Waals surface area contributed by atoms with Crippen molar-refractivity contribution < 1.29 is 0 Å². The van der Waals surface area contributed by atoms with Crippen LogP contribution in [0.3, 0.4) is 0 Å². The van der Waals surface area contributed by atoms with Gasteiger partial charge in [-0.2, -0.15) is 0 Å². The van der Waals surface area contributed by atoms with Gasteiger partial charge in [-0.15, -0.1) is 0 Å². The molecule has 1 aliphatic carbocycles. The van der Waals surface area contributed by atoms with E-state index in [0.29, 0.717) is 12.0 Å². The van der Waals surface area contributed by atoms with E-state index < -0.39 is 0 Å². The van der Waals surface area contributed by atoms with Crippen molar-refractivity contribution in [2.45, 2.75) is 51.6 Å². The van der Waals surface area contributed by atoms with Crippen molar-refractivity contribution in [3.8, 4) is 0 Å². The van der Waals surface area contributed by atoms with E-state index in [1.165, 1.54) is 44.2 Å². The smallest absolute Gasteiger partial charge is 0.0236 e. The van der Waals surface area contributed by atoms with Crippen molar-refractivity contribution in [1.29, 1.82) is 0 Å². The molecule has 0 aliphatic heterocycles. The Labute approximate surface area is 118 Å². The van der Waals surface area contributed by atoms with Crippen molar-refractivity contribution >= 4 is 0 Å². The Hall–Kier alpha value is -0.860. The molecule has 2 N–H and O–H groups in total. The maximum atomic E-state index is 5.99. The van der Waals surface area contributed by atoms with Crippen LogP contribution in [0.2, 0.25) is 0 Å². The van der Waals surface area contributed by atoms with Crippen LogP contribution in [0, 0.1) is 5.92 Å². The fourth-order valence-corrected chi connectivity index (χ4v) is 3.41. The van der Waals surface area contributed by atoms with E-state index in [2.05, 4.69) is 42.2 Å². The van der Waals surface area contributed by atoms with E-state index in [-0.39, 0.29) is 0 Å². The highest BCUT2D eigenvalue weighted by Gasteiger charge is 2.28. The van der Waals surface area contributed by atoms with Crippen molar-refractivity contribution in [1.82, 2.24) is 4.90 Å². The lowest BCUT2D eigenvalue weighted by molar-refractivity contribution is 0.0997. The Morgan fingerprint density at radius 3 is 2.58 bits per heavy atom. The number of nitrogens with two attached hydrogens (primary N) is 1. The minimum Gasteiger partial charge on any atom is -0.330 e. The predicted molar refractivity (Wildman–Crippen MR) is 81.9 cm³/mol. The Bertz CT molecular complexity index is 350. The van der Waals surface area contributed by atoms with Crippen LogP contribution in [0.4, 0.5) is 0 Å². The van der Waals surface area contributed by atoms with Crippen LogP contribution in [-0.4, -0.2) is 24.0 Å². The molecule has 0 radical (unpaired) electrons. The van der Waals surface area contributed by atoms with E-state index in [1.54, 1.807) is 0 Å². The third-order valence-electron chi connectivity index (χ3n) is 4.38. The highest BCUT2D eigenvalue weighted by atomic mass is 15.2. The van der Waals surface area contributed by atoms with Gasteiger partial charge in [0.2, 0.25) is 0 Å². The molecule has 0 spiro atoms.